The molecule has 0 atom stereocenters. The molecule has 12 nitrogen and oxygen atoms in total. The largest absolute Gasteiger partial charge is 0.458 e. The van der Waals surface area contributed by atoms with Crippen molar-refractivity contribution in [1.82, 2.24) is 26.6 Å². The van der Waals surface area contributed by atoms with Crippen LogP contribution >= 0.6 is 0 Å². The number of rotatable bonds is 11. The van der Waals surface area contributed by atoms with Crippen LogP contribution in [0.4, 0.5) is 0 Å². The van der Waals surface area contributed by atoms with Gasteiger partial charge in [-0.2, -0.15) is 0 Å². The lowest BCUT2D eigenvalue weighted by Gasteiger charge is -2.37. The zero-order valence-electron chi connectivity index (χ0n) is 33.1. The lowest BCUT2D eigenvalue weighted by Crippen LogP contribution is -2.68. The predicted molar refractivity (Wildman–Crippen MR) is 206 cm³/mol. The van der Waals surface area contributed by atoms with E-state index >= 15 is 0 Å². The Morgan fingerprint density at radius 2 is 0.792 bits per heavy atom. The van der Waals surface area contributed by atoms with E-state index in [-0.39, 0.29) is 0 Å². The average molecular weight is 728 g/mol. The molecule has 4 rings (SSSR count). The summed E-state index contributed by atoms with van der Waals surface area (Å²) in [5.74, 6) is -3.76. The van der Waals surface area contributed by atoms with Gasteiger partial charge in [-0.05, 0) is 128 Å². The molecule has 0 bridgehead atoms. The van der Waals surface area contributed by atoms with Crippen molar-refractivity contribution in [3.8, 4) is 0 Å². The summed E-state index contributed by atoms with van der Waals surface area (Å²) in [5.41, 5.74) is -7.79. The SMILES string of the molecule is CC(C)(C)OC(=O)C(C)(C)NC(=O)C(C)(C)NC(=O)C(C)(C)NC(=O)C(C)(C)NC(=O)C(C)(C)NC(=O)c1ccc2ccc3cccc4ccc1c2c34. The van der Waals surface area contributed by atoms with Crippen LogP contribution in [-0.4, -0.2) is 68.8 Å². The number of ether oxygens (including phenoxy) is 1. The maximum Gasteiger partial charge on any atom is 0.331 e. The van der Waals surface area contributed by atoms with Gasteiger partial charge < -0.3 is 31.3 Å². The molecular formula is C41H53N5O7. The van der Waals surface area contributed by atoms with Crippen LogP contribution < -0.4 is 26.6 Å². The second kappa shape index (κ2) is 13.6. The molecule has 12 heteroatoms. The minimum Gasteiger partial charge on any atom is -0.458 e. The van der Waals surface area contributed by atoms with Gasteiger partial charge in [0.2, 0.25) is 23.6 Å². The molecule has 0 radical (unpaired) electrons. The zero-order chi connectivity index (χ0) is 40.1. The molecule has 0 spiro atoms. The number of esters is 1. The van der Waals surface area contributed by atoms with E-state index < -0.39 is 68.8 Å². The highest BCUT2D eigenvalue weighted by molar-refractivity contribution is 6.26. The van der Waals surface area contributed by atoms with E-state index in [0.717, 1.165) is 32.3 Å². The van der Waals surface area contributed by atoms with Crippen LogP contribution in [0.5, 0.6) is 0 Å². The van der Waals surface area contributed by atoms with Crippen molar-refractivity contribution < 1.29 is 33.5 Å². The molecule has 0 aliphatic rings. The van der Waals surface area contributed by atoms with Gasteiger partial charge in [0.1, 0.15) is 33.3 Å². The van der Waals surface area contributed by atoms with E-state index in [9.17, 15) is 28.8 Å². The van der Waals surface area contributed by atoms with Crippen LogP contribution in [0.15, 0.2) is 54.6 Å². The Labute approximate surface area is 310 Å². The van der Waals surface area contributed by atoms with Crippen LogP contribution in [0.25, 0.3) is 32.3 Å². The summed E-state index contributed by atoms with van der Waals surface area (Å²) in [4.78, 5) is 80.3. The van der Waals surface area contributed by atoms with Gasteiger partial charge in [-0.1, -0.05) is 48.5 Å². The number of nitrogens with one attached hydrogen (secondary N) is 5. The first-order valence-corrected chi connectivity index (χ1v) is 17.6. The monoisotopic (exact) mass is 727 g/mol. The number of benzene rings is 4. The normalized spacial score (nSPS) is 13.1. The van der Waals surface area contributed by atoms with Crippen LogP contribution in [0.3, 0.4) is 0 Å². The second-order valence-electron chi connectivity index (χ2n) is 17.4. The first-order valence-electron chi connectivity index (χ1n) is 17.6. The van der Waals surface area contributed by atoms with Gasteiger partial charge in [-0.15, -0.1) is 0 Å². The Kier molecular flexibility index (Phi) is 10.4. The van der Waals surface area contributed by atoms with Crippen molar-refractivity contribution >= 4 is 67.8 Å². The van der Waals surface area contributed by atoms with Gasteiger partial charge in [0.05, 0.1) is 0 Å². The van der Waals surface area contributed by atoms with Gasteiger partial charge in [0.15, 0.2) is 0 Å². The van der Waals surface area contributed by atoms with E-state index in [4.69, 9.17) is 4.74 Å². The highest BCUT2D eigenvalue weighted by atomic mass is 16.6. The lowest BCUT2D eigenvalue weighted by atomic mass is 9.91. The van der Waals surface area contributed by atoms with Gasteiger partial charge in [0, 0.05) is 5.56 Å². The molecule has 4 aromatic rings. The summed E-state index contributed by atoms with van der Waals surface area (Å²) >= 11 is 0. The molecule has 5 amide bonds. The van der Waals surface area contributed by atoms with E-state index in [0.29, 0.717) is 5.56 Å². The van der Waals surface area contributed by atoms with Crippen molar-refractivity contribution in [2.45, 2.75) is 123 Å². The standard InChI is InChI=1S/C41H53N5O7/c1-36(2,3)53-35(52)41(12,13)46-34(51)40(10,11)45-33(50)39(8,9)44-32(49)38(6,7)43-31(48)37(4,5)42-30(47)27-22-20-25-18-17-23-15-14-16-24-19-21-26(27)29(25)28(23)24/h14-22H,1-13H3,(H,42,47)(H,43,48)(H,44,49)(H,45,50)(H,46,51). The van der Waals surface area contributed by atoms with Crippen molar-refractivity contribution in [1.29, 1.82) is 0 Å². The fraction of sp³-hybridized carbons (Fsp3) is 0.463. The third kappa shape index (κ3) is 8.69. The van der Waals surface area contributed by atoms with Gasteiger partial charge in [0.25, 0.3) is 5.91 Å². The van der Waals surface area contributed by atoms with E-state index in [1.807, 2.05) is 42.5 Å². The van der Waals surface area contributed by atoms with Crippen LogP contribution in [-0.2, 0) is 28.7 Å². The highest BCUT2D eigenvalue weighted by Gasteiger charge is 2.44. The Hall–Kier alpha value is -5.26. The fourth-order valence-electron chi connectivity index (χ4n) is 5.73. The van der Waals surface area contributed by atoms with E-state index in [1.54, 1.807) is 40.7 Å². The summed E-state index contributed by atoms with van der Waals surface area (Å²) in [5, 5.41) is 19.4. The van der Waals surface area contributed by atoms with Gasteiger partial charge in [-0.25, -0.2) is 4.79 Å². The molecule has 53 heavy (non-hydrogen) atoms. The number of hydrogen-bond donors (Lipinski definition) is 5. The summed E-state index contributed by atoms with van der Waals surface area (Å²) in [6.45, 7) is 20.0. The van der Waals surface area contributed by atoms with Crippen molar-refractivity contribution in [3.63, 3.8) is 0 Å². The molecule has 4 aromatic carbocycles. The van der Waals surface area contributed by atoms with Crippen LogP contribution in [0, 0.1) is 0 Å². The Balaban J connectivity index is 1.42. The molecule has 0 aliphatic heterocycles. The van der Waals surface area contributed by atoms with Crippen molar-refractivity contribution in [2.24, 2.45) is 0 Å². The summed E-state index contributed by atoms with van der Waals surface area (Å²) < 4.78 is 5.41. The molecule has 0 fully saturated rings. The maximum absolute atomic E-state index is 13.7. The Morgan fingerprint density at radius 3 is 1.23 bits per heavy atom. The van der Waals surface area contributed by atoms with Crippen LogP contribution in [0.1, 0.15) is 100 Å². The summed E-state index contributed by atoms with van der Waals surface area (Å²) in [6.07, 6.45) is 0. The molecule has 0 heterocycles. The average Bonchev–Trinajstić information content (AvgIpc) is 3.01. The molecule has 0 saturated heterocycles. The molecule has 0 saturated carbocycles. The quantitative estimate of drug-likeness (QED) is 0.107. The number of carbonyl (C=O) groups is 6. The van der Waals surface area contributed by atoms with Crippen molar-refractivity contribution in [2.75, 3.05) is 0 Å². The topological polar surface area (TPSA) is 172 Å². The van der Waals surface area contributed by atoms with E-state index in [1.165, 1.54) is 55.4 Å². The minimum atomic E-state index is -1.55. The highest BCUT2D eigenvalue weighted by Crippen LogP contribution is 2.36. The third-order valence-electron chi connectivity index (χ3n) is 9.08. The van der Waals surface area contributed by atoms with Crippen LogP contribution in [0.2, 0.25) is 0 Å². The molecular weight excluding hydrogens is 674 g/mol. The van der Waals surface area contributed by atoms with Gasteiger partial charge >= 0.3 is 5.97 Å². The summed E-state index contributed by atoms with van der Waals surface area (Å²) in [7, 11) is 0. The predicted octanol–water partition coefficient (Wildman–Crippen LogP) is 5.01. The smallest absolute Gasteiger partial charge is 0.331 e. The summed E-state index contributed by atoms with van der Waals surface area (Å²) in [6, 6.07) is 17.7. The maximum atomic E-state index is 13.7. The third-order valence-corrected chi connectivity index (χ3v) is 9.08. The molecule has 284 valence electrons. The number of amides is 5. The molecule has 0 aromatic heterocycles. The number of hydrogen-bond acceptors (Lipinski definition) is 7. The molecule has 0 unspecified atom stereocenters. The first kappa shape index (κ1) is 40.5. The number of carbonyl (C=O) groups excluding carboxylic acids is 6. The Morgan fingerprint density at radius 1 is 0.434 bits per heavy atom. The zero-order valence-corrected chi connectivity index (χ0v) is 33.1. The second-order valence-corrected chi connectivity index (χ2v) is 17.4. The Bertz CT molecular complexity index is 2110. The first-order chi connectivity index (χ1) is 24.1. The van der Waals surface area contributed by atoms with E-state index in [2.05, 4.69) is 32.7 Å². The molecule has 0 aliphatic carbocycles. The minimum absolute atomic E-state index is 0.409. The lowest BCUT2D eigenvalue weighted by molar-refractivity contribution is -0.163. The fourth-order valence-corrected chi connectivity index (χ4v) is 5.73. The van der Waals surface area contributed by atoms with Gasteiger partial charge in [-0.3, -0.25) is 24.0 Å². The molecule has 5 N–H and O–H groups in total. The van der Waals surface area contributed by atoms with Crippen molar-refractivity contribution in [3.05, 3.63) is 60.2 Å².